The zero-order chi connectivity index (χ0) is 19.5. The number of anilines is 1. The molecule has 3 heterocycles. The summed E-state index contributed by atoms with van der Waals surface area (Å²) in [5, 5.41) is 5.63. The number of nitrogens with one attached hydrogen (secondary N) is 1. The number of amides is 1. The van der Waals surface area contributed by atoms with Crippen LogP contribution in [-0.4, -0.2) is 33.0 Å². The van der Waals surface area contributed by atoms with Crippen LogP contribution in [0, 0.1) is 6.92 Å². The van der Waals surface area contributed by atoms with Crippen molar-refractivity contribution in [3.05, 3.63) is 58.7 Å². The molecule has 0 unspecified atom stereocenters. The van der Waals surface area contributed by atoms with Gasteiger partial charge in [-0.25, -0.2) is 19.9 Å². The van der Waals surface area contributed by atoms with E-state index in [2.05, 4.69) is 25.3 Å². The zero-order valence-corrected chi connectivity index (χ0v) is 16.7. The maximum Gasteiger partial charge on any atom is 0.276 e. The minimum absolute atomic E-state index is 0.311. The number of hydrogen-bond donors (Lipinski definition) is 1. The Hall–Kier alpha value is -3.17. The Labute approximate surface area is 169 Å². The molecule has 0 saturated heterocycles. The van der Waals surface area contributed by atoms with Gasteiger partial charge in [0.05, 0.1) is 12.8 Å². The highest BCUT2D eigenvalue weighted by Gasteiger charge is 2.16. The number of carbonyl (C=O) groups excluding carboxylic acids is 1. The third-order valence-electron chi connectivity index (χ3n) is 3.87. The van der Waals surface area contributed by atoms with Crippen LogP contribution in [0.3, 0.4) is 0 Å². The first kappa shape index (κ1) is 18.2. The van der Waals surface area contributed by atoms with Crippen LogP contribution >= 0.6 is 22.7 Å². The molecule has 3 aromatic heterocycles. The number of hydrogen-bond acceptors (Lipinski definition) is 8. The van der Waals surface area contributed by atoms with E-state index in [0.717, 1.165) is 21.9 Å². The molecule has 4 rings (SSSR count). The van der Waals surface area contributed by atoms with Gasteiger partial charge in [-0.1, -0.05) is 0 Å². The summed E-state index contributed by atoms with van der Waals surface area (Å²) in [6.45, 7) is 1.97. The van der Waals surface area contributed by atoms with E-state index in [1.54, 1.807) is 30.9 Å². The van der Waals surface area contributed by atoms with Crippen molar-refractivity contribution in [1.29, 1.82) is 0 Å². The SMILES string of the molecule is COc1ccc(-c2nc(NC(=O)c3csc(-c4ncccn4)n3)sc2C)cc1. The van der Waals surface area contributed by atoms with Crippen molar-refractivity contribution in [1.82, 2.24) is 19.9 Å². The number of benzene rings is 1. The number of methoxy groups -OCH3 is 1. The average Bonchev–Trinajstić information content (AvgIpc) is 3.36. The molecule has 9 heteroatoms. The largest absolute Gasteiger partial charge is 0.497 e. The molecule has 0 aliphatic carbocycles. The van der Waals surface area contributed by atoms with Crippen LogP contribution in [0.5, 0.6) is 5.75 Å². The number of rotatable bonds is 5. The molecule has 140 valence electrons. The third kappa shape index (κ3) is 3.75. The lowest BCUT2D eigenvalue weighted by molar-refractivity contribution is 0.102. The maximum absolute atomic E-state index is 12.5. The highest BCUT2D eigenvalue weighted by Crippen LogP contribution is 2.31. The minimum atomic E-state index is -0.312. The summed E-state index contributed by atoms with van der Waals surface area (Å²) in [6.07, 6.45) is 3.28. The van der Waals surface area contributed by atoms with E-state index in [1.807, 2.05) is 31.2 Å². The monoisotopic (exact) mass is 409 g/mol. The Bertz CT molecular complexity index is 1110. The molecule has 1 N–H and O–H groups in total. The topological polar surface area (TPSA) is 89.9 Å². The van der Waals surface area contributed by atoms with Crippen molar-refractivity contribution in [2.24, 2.45) is 0 Å². The molecule has 28 heavy (non-hydrogen) atoms. The number of aromatic nitrogens is 4. The first-order chi connectivity index (χ1) is 13.6. The van der Waals surface area contributed by atoms with Gasteiger partial charge in [0.1, 0.15) is 11.4 Å². The van der Waals surface area contributed by atoms with Crippen LogP contribution in [0.25, 0.3) is 22.1 Å². The number of carbonyl (C=O) groups is 1. The fraction of sp³-hybridized carbons (Fsp3) is 0.105. The van der Waals surface area contributed by atoms with E-state index >= 15 is 0 Å². The molecule has 0 aliphatic rings. The number of nitrogens with zero attached hydrogens (tertiary/aromatic N) is 4. The van der Waals surface area contributed by atoms with Gasteiger partial charge in [0.25, 0.3) is 5.91 Å². The van der Waals surface area contributed by atoms with Gasteiger partial charge in [0.15, 0.2) is 16.0 Å². The molecular formula is C19H15N5O2S2. The minimum Gasteiger partial charge on any atom is -0.497 e. The van der Waals surface area contributed by atoms with E-state index in [-0.39, 0.29) is 5.91 Å². The van der Waals surface area contributed by atoms with E-state index in [1.165, 1.54) is 22.7 Å². The second-order valence-corrected chi connectivity index (χ2v) is 7.78. The van der Waals surface area contributed by atoms with Crippen molar-refractivity contribution in [2.75, 3.05) is 12.4 Å². The van der Waals surface area contributed by atoms with Gasteiger partial charge in [-0.3, -0.25) is 10.1 Å². The van der Waals surface area contributed by atoms with Crippen molar-refractivity contribution < 1.29 is 9.53 Å². The first-order valence-corrected chi connectivity index (χ1v) is 10.00. The van der Waals surface area contributed by atoms with Gasteiger partial charge in [-0.15, -0.1) is 22.7 Å². The predicted molar refractivity (Wildman–Crippen MR) is 110 cm³/mol. The summed E-state index contributed by atoms with van der Waals surface area (Å²) in [4.78, 5) is 30.7. The number of aryl methyl sites for hydroxylation is 1. The Balaban J connectivity index is 1.51. The second kappa shape index (κ2) is 7.83. The number of thiazole rings is 2. The molecule has 7 nitrogen and oxygen atoms in total. The molecule has 4 aromatic rings. The lowest BCUT2D eigenvalue weighted by Gasteiger charge is -2.01. The van der Waals surface area contributed by atoms with Gasteiger partial charge in [0, 0.05) is 28.2 Å². The quantitative estimate of drug-likeness (QED) is 0.529. The lowest BCUT2D eigenvalue weighted by Crippen LogP contribution is -2.12. The van der Waals surface area contributed by atoms with Crippen LogP contribution in [0.15, 0.2) is 48.1 Å². The normalized spacial score (nSPS) is 10.6. The Kier molecular flexibility index (Phi) is 5.09. The predicted octanol–water partition coefficient (Wildman–Crippen LogP) is 4.29. The van der Waals surface area contributed by atoms with E-state index < -0.39 is 0 Å². The summed E-state index contributed by atoms with van der Waals surface area (Å²) in [6, 6.07) is 9.39. The molecular weight excluding hydrogens is 394 g/mol. The van der Waals surface area contributed by atoms with E-state index in [9.17, 15) is 4.79 Å². The molecule has 0 radical (unpaired) electrons. The van der Waals surface area contributed by atoms with Crippen LogP contribution in [-0.2, 0) is 0 Å². The maximum atomic E-state index is 12.5. The fourth-order valence-electron chi connectivity index (χ4n) is 2.52. The van der Waals surface area contributed by atoms with Crippen LogP contribution in [0.1, 0.15) is 15.4 Å². The van der Waals surface area contributed by atoms with Gasteiger partial charge in [0.2, 0.25) is 0 Å². The van der Waals surface area contributed by atoms with Gasteiger partial charge in [-0.05, 0) is 37.3 Å². The molecule has 0 bridgehead atoms. The zero-order valence-electron chi connectivity index (χ0n) is 15.0. The summed E-state index contributed by atoms with van der Waals surface area (Å²) in [5.41, 5.74) is 2.11. The fourth-order valence-corrected chi connectivity index (χ4v) is 4.09. The summed E-state index contributed by atoms with van der Waals surface area (Å²) < 4.78 is 5.19. The van der Waals surface area contributed by atoms with E-state index in [4.69, 9.17) is 4.74 Å². The Morgan fingerprint density at radius 3 is 2.57 bits per heavy atom. The standard InChI is InChI=1S/C19H15N5O2S2/c1-11-15(12-4-6-13(26-2)7-5-12)23-19(28-11)24-17(25)14-10-27-18(22-14)16-20-8-3-9-21-16/h3-10H,1-2H3,(H,23,24,25). The smallest absolute Gasteiger partial charge is 0.276 e. The van der Waals surface area contributed by atoms with Crippen molar-refractivity contribution in [2.45, 2.75) is 6.92 Å². The Morgan fingerprint density at radius 1 is 1.11 bits per heavy atom. The van der Waals surface area contributed by atoms with Crippen molar-refractivity contribution in [3.63, 3.8) is 0 Å². The van der Waals surface area contributed by atoms with Crippen LogP contribution in [0.4, 0.5) is 5.13 Å². The van der Waals surface area contributed by atoms with Crippen LogP contribution in [0.2, 0.25) is 0 Å². The molecule has 0 saturated carbocycles. The molecule has 1 aromatic carbocycles. The molecule has 0 atom stereocenters. The first-order valence-electron chi connectivity index (χ1n) is 8.30. The van der Waals surface area contributed by atoms with Gasteiger partial charge < -0.3 is 4.74 Å². The van der Waals surface area contributed by atoms with Crippen molar-refractivity contribution >= 4 is 33.7 Å². The highest BCUT2D eigenvalue weighted by molar-refractivity contribution is 7.16. The third-order valence-corrected chi connectivity index (χ3v) is 5.60. The average molecular weight is 409 g/mol. The summed E-state index contributed by atoms with van der Waals surface area (Å²) in [7, 11) is 1.63. The second-order valence-electron chi connectivity index (χ2n) is 5.72. The number of ether oxygens (including phenoxy) is 1. The van der Waals surface area contributed by atoms with Gasteiger partial charge in [-0.2, -0.15) is 0 Å². The summed E-state index contributed by atoms with van der Waals surface area (Å²) >= 11 is 2.75. The van der Waals surface area contributed by atoms with E-state index in [0.29, 0.717) is 21.7 Å². The molecule has 1 amide bonds. The Morgan fingerprint density at radius 2 is 1.86 bits per heavy atom. The molecule has 0 spiro atoms. The lowest BCUT2D eigenvalue weighted by atomic mass is 10.1. The molecule has 0 fully saturated rings. The van der Waals surface area contributed by atoms with Crippen LogP contribution < -0.4 is 10.1 Å². The summed E-state index contributed by atoms with van der Waals surface area (Å²) in [5.74, 6) is 0.971. The van der Waals surface area contributed by atoms with Crippen molar-refractivity contribution in [3.8, 4) is 27.8 Å². The van der Waals surface area contributed by atoms with Gasteiger partial charge >= 0.3 is 0 Å². The highest BCUT2D eigenvalue weighted by atomic mass is 32.1. The molecule has 0 aliphatic heterocycles.